The lowest BCUT2D eigenvalue weighted by Gasteiger charge is -2.23. The quantitative estimate of drug-likeness (QED) is 0.509. The lowest BCUT2D eigenvalue weighted by Crippen LogP contribution is -2.33. The molecule has 0 saturated heterocycles. The summed E-state index contributed by atoms with van der Waals surface area (Å²) in [6, 6.07) is 19.0. The monoisotopic (exact) mass is 449 g/mol. The largest absolute Gasteiger partial charge is 0.481 e. The molecule has 0 radical (unpaired) electrons. The fraction of sp³-hybridized carbons (Fsp3) is 0.200. The van der Waals surface area contributed by atoms with Gasteiger partial charge in [-0.15, -0.1) is 0 Å². The molecule has 1 aromatic heterocycles. The van der Waals surface area contributed by atoms with Crippen LogP contribution in [-0.4, -0.2) is 39.5 Å². The van der Waals surface area contributed by atoms with Gasteiger partial charge in [0.05, 0.1) is 5.92 Å². The number of carboxylic acids is 2. The molecule has 170 valence electrons. The van der Waals surface area contributed by atoms with E-state index in [0.717, 1.165) is 28.8 Å². The zero-order valence-electron chi connectivity index (χ0n) is 17.9. The molecule has 2 N–H and O–H groups in total. The van der Waals surface area contributed by atoms with Gasteiger partial charge in [-0.1, -0.05) is 61.5 Å². The predicted molar refractivity (Wildman–Crippen MR) is 120 cm³/mol. The number of aliphatic carboxylic acids is 1. The molecule has 0 aliphatic rings. The highest BCUT2D eigenvalue weighted by Crippen LogP contribution is 2.21. The Hall–Kier alpha value is -4.20. The first-order chi connectivity index (χ1) is 15.7. The fourth-order valence-electron chi connectivity index (χ4n) is 3.22. The van der Waals surface area contributed by atoms with Crippen LogP contribution in [0, 0.1) is 5.92 Å². The molecule has 8 heteroatoms. The van der Waals surface area contributed by atoms with Crippen molar-refractivity contribution in [1.29, 1.82) is 0 Å². The number of amides is 1. The van der Waals surface area contributed by atoms with E-state index in [9.17, 15) is 24.3 Å². The molecular formula is C25H23NO7. The molecule has 8 nitrogen and oxygen atoms in total. The summed E-state index contributed by atoms with van der Waals surface area (Å²) in [5, 5.41) is 18.3. The second-order valence-corrected chi connectivity index (χ2v) is 7.64. The Morgan fingerprint density at radius 1 is 0.909 bits per heavy atom. The zero-order valence-corrected chi connectivity index (χ0v) is 17.9. The van der Waals surface area contributed by atoms with Crippen LogP contribution in [0.15, 0.2) is 75.9 Å². The number of aromatic carboxylic acids is 1. The maximum atomic E-state index is 13.1. The molecule has 3 rings (SSSR count). The number of carboxylic acid groups (broad SMARTS) is 2. The van der Waals surface area contributed by atoms with Crippen LogP contribution in [-0.2, 0) is 11.3 Å². The van der Waals surface area contributed by atoms with Crippen LogP contribution in [0.2, 0.25) is 0 Å². The van der Waals surface area contributed by atoms with E-state index >= 15 is 0 Å². The molecular weight excluding hydrogens is 426 g/mol. The van der Waals surface area contributed by atoms with Gasteiger partial charge in [0.15, 0.2) is 11.2 Å². The second-order valence-electron chi connectivity index (χ2n) is 7.64. The molecule has 1 amide bonds. The standard InChI is InChI=1S/C25H23NO7/c1-16(24(29)30)11-12-26(23(28)21-13-20(27)14-22(33-21)25(31)32)15-17-7-9-19(10-8-17)18-5-3-2-4-6-18/h2-10,13-14,16H,11-12,15H2,1H3,(H,29,30)(H,31,32). The average Bonchev–Trinajstić information content (AvgIpc) is 2.81. The van der Waals surface area contributed by atoms with Gasteiger partial charge in [0.2, 0.25) is 5.76 Å². The Labute approximate surface area is 189 Å². The second kappa shape index (κ2) is 10.4. The first kappa shape index (κ1) is 23.5. The first-order valence-electron chi connectivity index (χ1n) is 10.3. The molecule has 0 aliphatic carbocycles. The molecule has 1 atom stereocenters. The summed E-state index contributed by atoms with van der Waals surface area (Å²) in [6.07, 6.45) is 0.173. The van der Waals surface area contributed by atoms with Crippen LogP contribution in [0.25, 0.3) is 11.1 Å². The Bertz CT molecular complexity index is 1200. The van der Waals surface area contributed by atoms with E-state index in [0.29, 0.717) is 0 Å². The van der Waals surface area contributed by atoms with E-state index in [1.165, 1.54) is 11.8 Å². The summed E-state index contributed by atoms with van der Waals surface area (Å²) in [7, 11) is 0. The summed E-state index contributed by atoms with van der Waals surface area (Å²) in [6.45, 7) is 1.74. The minimum atomic E-state index is -1.47. The molecule has 1 heterocycles. The Morgan fingerprint density at radius 2 is 1.52 bits per heavy atom. The topological polar surface area (TPSA) is 125 Å². The highest BCUT2D eigenvalue weighted by molar-refractivity contribution is 5.92. The predicted octanol–water partition coefficient (Wildman–Crippen LogP) is 3.76. The smallest absolute Gasteiger partial charge is 0.371 e. The molecule has 0 fully saturated rings. The number of hydrogen-bond donors (Lipinski definition) is 2. The van der Waals surface area contributed by atoms with Crippen molar-refractivity contribution < 1.29 is 29.0 Å². The summed E-state index contributed by atoms with van der Waals surface area (Å²) in [5.41, 5.74) is 2.15. The number of carbonyl (C=O) groups is 3. The maximum absolute atomic E-state index is 13.1. The third-order valence-electron chi connectivity index (χ3n) is 5.16. The lowest BCUT2D eigenvalue weighted by molar-refractivity contribution is -0.141. The Kier molecular flexibility index (Phi) is 7.40. The van der Waals surface area contributed by atoms with Crippen LogP contribution < -0.4 is 5.43 Å². The van der Waals surface area contributed by atoms with Crippen LogP contribution in [0.5, 0.6) is 0 Å². The van der Waals surface area contributed by atoms with Gasteiger partial charge in [0.25, 0.3) is 5.91 Å². The SMILES string of the molecule is CC(CCN(Cc1ccc(-c2ccccc2)cc1)C(=O)c1cc(=O)cc(C(=O)O)o1)C(=O)O. The number of hydrogen-bond acceptors (Lipinski definition) is 5. The molecule has 1 unspecified atom stereocenters. The third-order valence-corrected chi connectivity index (χ3v) is 5.16. The molecule has 2 aromatic carbocycles. The number of rotatable bonds is 9. The third kappa shape index (κ3) is 6.16. The molecule has 33 heavy (non-hydrogen) atoms. The summed E-state index contributed by atoms with van der Waals surface area (Å²) < 4.78 is 5.12. The van der Waals surface area contributed by atoms with Crippen molar-refractivity contribution in [2.24, 2.45) is 5.92 Å². The minimum absolute atomic E-state index is 0.0771. The summed E-state index contributed by atoms with van der Waals surface area (Å²) >= 11 is 0. The minimum Gasteiger partial charge on any atom is -0.481 e. The van der Waals surface area contributed by atoms with Gasteiger partial charge in [-0.05, 0) is 23.1 Å². The summed E-state index contributed by atoms with van der Waals surface area (Å²) in [4.78, 5) is 48.7. The van der Waals surface area contributed by atoms with E-state index in [1.54, 1.807) is 0 Å². The zero-order chi connectivity index (χ0) is 24.0. The van der Waals surface area contributed by atoms with Crippen molar-refractivity contribution >= 4 is 17.8 Å². The van der Waals surface area contributed by atoms with Crippen molar-refractivity contribution in [1.82, 2.24) is 4.90 Å². The number of nitrogens with zero attached hydrogens (tertiary/aromatic N) is 1. The van der Waals surface area contributed by atoms with Crippen molar-refractivity contribution in [2.75, 3.05) is 6.54 Å². The van der Waals surface area contributed by atoms with E-state index in [-0.39, 0.29) is 19.5 Å². The number of benzene rings is 2. The Balaban J connectivity index is 1.86. The van der Waals surface area contributed by atoms with Gasteiger partial charge in [-0.3, -0.25) is 14.4 Å². The highest BCUT2D eigenvalue weighted by Gasteiger charge is 2.23. The van der Waals surface area contributed by atoms with Crippen molar-refractivity contribution in [2.45, 2.75) is 19.9 Å². The molecule has 0 bridgehead atoms. The normalized spacial score (nSPS) is 11.5. The van der Waals surface area contributed by atoms with Crippen molar-refractivity contribution in [3.8, 4) is 11.1 Å². The van der Waals surface area contributed by atoms with Gasteiger partial charge in [0.1, 0.15) is 0 Å². The molecule has 3 aromatic rings. The van der Waals surface area contributed by atoms with Gasteiger partial charge in [0, 0.05) is 25.2 Å². The molecule has 0 saturated carbocycles. The fourth-order valence-corrected chi connectivity index (χ4v) is 3.22. The highest BCUT2D eigenvalue weighted by atomic mass is 16.4. The van der Waals surface area contributed by atoms with Crippen molar-refractivity contribution in [3.63, 3.8) is 0 Å². The van der Waals surface area contributed by atoms with E-state index in [4.69, 9.17) is 9.52 Å². The van der Waals surface area contributed by atoms with Gasteiger partial charge in [-0.2, -0.15) is 0 Å². The van der Waals surface area contributed by atoms with E-state index in [2.05, 4.69) is 0 Å². The van der Waals surface area contributed by atoms with Crippen LogP contribution >= 0.6 is 0 Å². The van der Waals surface area contributed by atoms with E-state index < -0.39 is 40.7 Å². The molecule has 0 spiro atoms. The number of carbonyl (C=O) groups excluding carboxylic acids is 1. The molecule has 0 aliphatic heterocycles. The van der Waals surface area contributed by atoms with Gasteiger partial charge >= 0.3 is 11.9 Å². The maximum Gasteiger partial charge on any atom is 0.371 e. The van der Waals surface area contributed by atoms with Crippen LogP contribution in [0.4, 0.5) is 0 Å². The average molecular weight is 449 g/mol. The van der Waals surface area contributed by atoms with Gasteiger partial charge in [-0.25, -0.2) is 4.79 Å². The van der Waals surface area contributed by atoms with Crippen molar-refractivity contribution in [3.05, 3.63) is 94.0 Å². The lowest BCUT2D eigenvalue weighted by atomic mass is 10.0. The summed E-state index contributed by atoms with van der Waals surface area (Å²) in [5.74, 6) is -4.91. The van der Waals surface area contributed by atoms with Crippen LogP contribution in [0.1, 0.15) is 40.0 Å². The van der Waals surface area contributed by atoms with Crippen LogP contribution in [0.3, 0.4) is 0 Å². The van der Waals surface area contributed by atoms with E-state index in [1.807, 2.05) is 54.6 Å². The van der Waals surface area contributed by atoms with Gasteiger partial charge < -0.3 is 19.5 Å². The Morgan fingerprint density at radius 3 is 2.12 bits per heavy atom. The first-order valence-corrected chi connectivity index (χ1v) is 10.3.